The smallest absolute Gasteiger partial charge is 0.258 e. The number of anilines is 3. The van der Waals surface area contributed by atoms with E-state index in [1.807, 2.05) is 86.6 Å². The van der Waals surface area contributed by atoms with E-state index in [1.165, 1.54) is 4.31 Å². The number of halogens is 1. The second-order valence-corrected chi connectivity index (χ2v) is 12.1. The molecule has 0 radical (unpaired) electrons. The molecule has 1 aliphatic rings. The summed E-state index contributed by atoms with van der Waals surface area (Å²) in [5, 5.41) is 6.39. The van der Waals surface area contributed by atoms with Crippen LogP contribution in [-0.4, -0.2) is 52.2 Å². The fourth-order valence-corrected chi connectivity index (χ4v) is 6.12. The molecule has 0 saturated heterocycles. The molecule has 1 heterocycles. The number of benzene rings is 3. The van der Waals surface area contributed by atoms with E-state index in [-0.39, 0.29) is 11.7 Å². The second-order valence-electron chi connectivity index (χ2n) is 9.12. The molecule has 0 saturated carbocycles. The summed E-state index contributed by atoms with van der Waals surface area (Å²) in [6, 6.07) is 22.7. The standard InChI is InChI=1S/C28H31BrN4O3S/c1-4-18-37(35,36)33(17-16-32(2)3)23-13-11-22(12-14-23)30-27(20-8-6-5-7-9-20)26-24-15-10-21(29)19-25(24)31-28(26)34/h5-15,19,30H,4,16-18H2,1-3H3,(H,31,34). The summed E-state index contributed by atoms with van der Waals surface area (Å²) in [6.45, 7) is 2.84. The number of hydrogen-bond donors (Lipinski definition) is 2. The zero-order chi connectivity index (χ0) is 26.6. The normalized spacial score (nSPS) is 14.4. The van der Waals surface area contributed by atoms with Crippen molar-refractivity contribution < 1.29 is 13.2 Å². The van der Waals surface area contributed by atoms with Gasteiger partial charge in [-0.05, 0) is 62.5 Å². The molecule has 37 heavy (non-hydrogen) atoms. The SMILES string of the molecule is CCCS(=O)(=O)N(CCN(C)C)c1ccc(NC(=C2C(=O)Nc3cc(Br)ccc32)c2ccccc2)cc1. The van der Waals surface area contributed by atoms with E-state index in [2.05, 4.69) is 26.6 Å². The van der Waals surface area contributed by atoms with Gasteiger partial charge in [0.15, 0.2) is 0 Å². The highest BCUT2D eigenvalue weighted by Crippen LogP contribution is 2.39. The topological polar surface area (TPSA) is 81.8 Å². The Balaban J connectivity index is 1.72. The number of carbonyl (C=O) groups is 1. The van der Waals surface area contributed by atoms with Crippen LogP contribution in [0.15, 0.2) is 77.3 Å². The van der Waals surface area contributed by atoms with Crippen molar-refractivity contribution in [3.05, 3.63) is 88.4 Å². The lowest BCUT2D eigenvalue weighted by molar-refractivity contribution is -0.110. The largest absolute Gasteiger partial charge is 0.354 e. The van der Waals surface area contributed by atoms with Crippen LogP contribution in [0, 0.1) is 0 Å². The fourth-order valence-electron chi connectivity index (χ4n) is 4.22. The molecular weight excluding hydrogens is 552 g/mol. The fraction of sp³-hybridized carbons (Fsp3) is 0.250. The molecule has 0 atom stereocenters. The summed E-state index contributed by atoms with van der Waals surface area (Å²) in [4.78, 5) is 15.1. The highest BCUT2D eigenvalue weighted by atomic mass is 79.9. The van der Waals surface area contributed by atoms with E-state index in [4.69, 9.17) is 0 Å². The van der Waals surface area contributed by atoms with Crippen LogP contribution in [0.25, 0.3) is 11.3 Å². The van der Waals surface area contributed by atoms with Gasteiger partial charge in [-0.1, -0.05) is 59.3 Å². The van der Waals surface area contributed by atoms with E-state index in [0.717, 1.165) is 27.0 Å². The second kappa shape index (κ2) is 11.5. The number of carbonyl (C=O) groups excluding carboxylic acids is 1. The van der Waals surface area contributed by atoms with E-state index < -0.39 is 10.0 Å². The molecule has 1 aliphatic heterocycles. The predicted molar refractivity (Wildman–Crippen MR) is 156 cm³/mol. The van der Waals surface area contributed by atoms with Crippen LogP contribution in [0.3, 0.4) is 0 Å². The number of sulfonamides is 1. The van der Waals surface area contributed by atoms with Crippen molar-refractivity contribution in [3.8, 4) is 0 Å². The van der Waals surface area contributed by atoms with Crippen LogP contribution in [0.2, 0.25) is 0 Å². The molecule has 2 N–H and O–H groups in total. The first-order chi connectivity index (χ1) is 17.7. The van der Waals surface area contributed by atoms with Gasteiger partial charge < -0.3 is 15.5 Å². The summed E-state index contributed by atoms with van der Waals surface area (Å²) in [5.74, 6) is -0.0911. The van der Waals surface area contributed by atoms with Crippen LogP contribution in [-0.2, 0) is 14.8 Å². The average molecular weight is 584 g/mol. The first-order valence-corrected chi connectivity index (χ1v) is 14.5. The van der Waals surface area contributed by atoms with Crippen LogP contribution in [0.5, 0.6) is 0 Å². The molecule has 9 heteroatoms. The van der Waals surface area contributed by atoms with Crippen molar-refractivity contribution in [2.45, 2.75) is 13.3 Å². The highest BCUT2D eigenvalue weighted by molar-refractivity contribution is 9.10. The quantitative estimate of drug-likeness (QED) is 0.309. The molecule has 194 valence electrons. The Morgan fingerprint density at radius 3 is 2.32 bits per heavy atom. The molecule has 1 amide bonds. The maximum Gasteiger partial charge on any atom is 0.258 e. The number of likely N-dealkylation sites (N-methyl/N-ethyl adjacent to an activating group) is 1. The van der Waals surface area contributed by atoms with Crippen molar-refractivity contribution in [2.75, 3.05) is 47.9 Å². The maximum atomic E-state index is 13.1. The molecular formula is C28H31BrN4O3S. The summed E-state index contributed by atoms with van der Waals surface area (Å²) < 4.78 is 28.3. The summed E-state index contributed by atoms with van der Waals surface area (Å²) in [7, 11) is 0.409. The molecule has 0 fully saturated rings. The Labute approximate surface area is 227 Å². The van der Waals surface area contributed by atoms with Crippen LogP contribution < -0.4 is 14.9 Å². The van der Waals surface area contributed by atoms with Crippen LogP contribution >= 0.6 is 15.9 Å². The van der Waals surface area contributed by atoms with Crippen molar-refractivity contribution in [1.82, 2.24) is 4.90 Å². The van der Waals surface area contributed by atoms with Crippen molar-refractivity contribution in [2.24, 2.45) is 0 Å². The van der Waals surface area contributed by atoms with Crippen LogP contribution in [0.1, 0.15) is 24.5 Å². The Bertz CT molecular complexity index is 1410. The maximum absolute atomic E-state index is 13.1. The molecule has 7 nitrogen and oxygen atoms in total. The lowest BCUT2D eigenvalue weighted by atomic mass is 10.00. The molecule has 3 aromatic carbocycles. The number of hydrogen-bond acceptors (Lipinski definition) is 5. The lowest BCUT2D eigenvalue weighted by Gasteiger charge is -2.26. The van der Waals surface area contributed by atoms with Gasteiger partial charge in [0, 0.05) is 28.8 Å². The highest BCUT2D eigenvalue weighted by Gasteiger charge is 2.29. The summed E-state index contributed by atoms with van der Waals surface area (Å²) in [6.07, 6.45) is 0.550. The van der Waals surface area contributed by atoms with Gasteiger partial charge in [0.05, 0.1) is 28.4 Å². The van der Waals surface area contributed by atoms with E-state index in [9.17, 15) is 13.2 Å². The molecule has 0 aromatic heterocycles. The lowest BCUT2D eigenvalue weighted by Crippen LogP contribution is -2.38. The number of amides is 1. The molecule has 0 bridgehead atoms. The van der Waals surface area contributed by atoms with Crippen molar-refractivity contribution >= 4 is 60.2 Å². The molecule has 0 spiro atoms. The van der Waals surface area contributed by atoms with E-state index in [0.29, 0.717) is 36.5 Å². The van der Waals surface area contributed by atoms with E-state index >= 15 is 0 Å². The monoisotopic (exact) mass is 582 g/mol. The Morgan fingerprint density at radius 2 is 1.68 bits per heavy atom. The number of nitrogens with one attached hydrogen (secondary N) is 2. The zero-order valence-electron chi connectivity index (χ0n) is 21.2. The van der Waals surface area contributed by atoms with Crippen LogP contribution in [0.4, 0.5) is 17.1 Å². The van der Waals surface area contributed by atoms with Gasteiger partial charge in [0.25, 0.3) is 5.91 Å². The molecule has 0 unspecified atom stereocenters. The molecule has 0 aliphatic carbocycles. The summed E-state index contributed by atoms with van der Waals surface area (Å²) in [5.41, 5.74) is 5.02. The minimum atomic E-state index is -3.44. The van der Waals surface area contributed by atoms with Gasteiger partial charge >= 0.3 is 0 Å². The van der Waals surface area contributed by atoms with Crippen molar-refractivity contribution in [1.29, 1.82) is 0 Å². The van der Waals surface area contributed by atoms with E-state index in [1.54, 1.807) is 12.1 Å². The Kier molecular flexibility index (Phi) is 8.36. The number of nitrogens with zero attached hydrogens (tertiary/aromatic N) is 2. The average Bonchev–Trinajstić information content (AvgIpc) is 3.18. The third-order valence-electron chi connectivity index (χ3n) is 6.01. The van der Waals surface area contributed by atoms with Gasteiger partial charge in [0.2, 0.25) is 10.0 Å². The van der Waals surface area contributed by atoms with Crippen molar-refractivity contribution in [3.63, 3.8) is 0 Å². The Morgan fingerprint density at radius 1 is 0.973 bits per heavy atom. The zero-order valence-corrected chi connectivity index (χ0v) is 23.6. The molecule has 3 aromatic rings. The molecule has 4 rings (SSSR count). The third-order valence-corrected chi connectivity index (χ3v) is 8.49. The third kappa shape index (κ3) is 6.23. The minimum Gasteiger partial charge on any atom is -0.354 e. The first-order valence-electron chi connectivity index (χ1n) is 12.1. The van der Waals surface area contributed by atoms with Gasteiger partial charge in [0.1, 0.15) is 0 Å². The first kappa shape index (κ1) is 26.9. The Hall–Kier alpha value is -3.14. The predicted octanol–water partition coefficient (Wildman–Crippen LogP) is 5.49. The van der Waals surface area contributed by atoms with Gasteiger partial charge in [-0.2, -0.15) is 0 Å². The van der Waals surface area contributed by atoms with Gasteiger partial charge in [-0.3, -0.25) is 9.10 Å². The summed E-state index contributed by atoms with van der Waals surface area (Å²) >= 11 is 3.47. The van der Waals surface area contributed by atoms with Gasteiger partial charge in [-0.15, -0.1) is 0 Å². The van der Waals surface area contributed by atoms with Gasteiger partial charge in [-0.25, -0.2) is 8.42 Å². The number of rotatable bonds is 10. The number of fused-ring (bicyclic) bond motifs is 1. The minimum absolute atomic E-state index is 0.0926.